The molecule has 1 amide bonds. The molecule has 3 aromatic rings. The molecule has 1 N–H and O–H groups in total. The van der Waals surface area contributed by atoms with Gasteiger partial charge in [-0.25, -0.2) is 9.78 Å². The van der Waals surface area contributed by atoms with E-state index in [1.807, 2.05) is 50.2 Å². The number of benzene rings is 2. The zero-order chi connectivity index (χ0) is 17.1. The fourth-order valence-corrected chi connectivity index (χ4v) is 3.13. The average molecular weight is 340 g/mol. The Balaban J connectivity index is 1.61. The van der Waals surface area contributed by atoms with Crippen molar-refractivity contribution in [1.29, 1.82) is 0 Å². The highest BCUT2D eigenvalue weighted by atomic mass is 32.1. The molecule has 2 aromatic carbocycles. The first-order chi connectivity index (χ1) is 11.5. The zero-order valence-electron chi connectivity index (χ0n) is 13.3. The summed E-state index contributed by atoms with van der Waals surface area (Å²) in [4.78, 5) is 28.4. The number of ether oxygens (including phenoxy) is 1. The molecule has 6 heteroatoms. The molecule has 0 fully saturated rings. The fraction of sp³-hybridized carbons (Fsp3) is 0.167. The normalized spacial score (nSPS) is 10.6. The van der Waals surface area contributed by atoms with E-state index < -0.39 is 11.9 Å². The monoisotopic (exact) mass is 340 g/mol. The number of nitrogens with one attached hydrogen (secondary N) is 1. The maximum atomic E-state index is 12.1. The van der Waals surface area contributed by atoms with Crippen LogP contribution in [0.1, 0.15) is 21.5 Å². The molecule has 0 spiro atoms. The van der Waals surface area contributed by atoms with Crippen LogP contribution < -0.4 is 5.32 Å². The van der Waals surface area contributed by atoms with Crippen LogP contribution in [0.5, 0.6) is 0 Å². The minimum atomic E-state index is -0.504. The average Bonchev–Trinajstić information content (AvgIpc) is 2.97. The Kier molecular flexibility index (Phi) is 4.57. The van der Waals surface area contributed by atoms with Gasteiger partial charge in [0.05, 0.1) is 15.8 Å². The number of thiazole rings is 1. The predicted octanol–water partition coefficient (Wildman–Crippen LogP) is 3.71. The molecule has 0 atom stereocenters. The van der Waals surface area contributed by atoms with Gasteiger partial charge in [-0.15, -0.1) is 0 Å². The van der Waals surface area contributed by atoms with Gasteiger partial charge in [-0.1, -0.05) is 41.2 Å². The summed E-state index contributed by atoms with van der Waals surface area (Å²) in [7, 11) is 0. The van der Waals surface area contributed by atoms with Crippen LogP contribution in [0.3, 0.4) is 0 Å². The van der Waals surface area contributed by atoms with Gasteiger partial charge >= 0.3 is 5.97 Å². The highest BCUT2D eigenvalue weighted by molar-refractivity contribution is 7.22. The standard InChI is InChI=1S/C18H16N2O3S/c1-11-7-8-12(2)13(9-11)17(22)23-10-16(21)20-18-19-14-5-3-4-6-15(14)24-18/h3-9H,10H2,1-2H3,(H,19,20,21). The Morgan fingerprint density at radius 2 is 1.96 bits per heavy atom. The highest BCUT2D eigenvalue weighted by Gasteiger charge is 2.14. The lowest BCUT2D eigenvalue weighted by molar-refractivity contribution is -0.119. The number of hydrogen-bond donors (Lipinski definition) is 1. The Bertz CT molecular complexity index is 885. The number of amides is 1. The van der Waals surface area contributed by atoms with Crippen LogP contribution in [-0.4, -0.2) is 23.5 Å². The van der Waals surface area contributed by atoms with Crippen molar-refractivity contribution < 1.29 is 14.3 Å². The molecular weight excluding hydrogens is 324 g/mol. The molecule has 122 valence electrons. The number of carbonyl (C=O) groups excluding carboxylic acids is 2. The molecule has 0 saturated heterocycles. The van der Waals surface area contributed by atoms with E-state index in [2.05, 4.69) is 10.3 Å². The molecule has 0 bridgehead atoms. The number of aromatic nitrogens is 1. The van der Waals surface area contributed by atoms with E-state index in [9.17, 15) is 9.59 Å². The molecule has 1 heterocycles. The van der Waals surface area contributed by atoms with Gasteiger partial charge in [0.15, 0.2) is 11.7 Å². The molecule has 0 unspecified atom stereocenters. The van der Waals surface area contributed by atoms with Crippen LogP contribution in [0.4, 0.5) is 5.13 Å². The first kappa shape index (κ1) is 16.1. The molecule has 1 aromatic heterocycles. The first-order valence-electron chi connectivity index (χ1n) is 7.43. The maximum Gasteiger partial charge on any atom is 0.338 e. The van der Waals surface area contributed by atoms with Crippen LogP contribution in [-0.2, 0) is 9.53 Å². The summed E-state index contributed by atoms with van der Waals surface area (Å²) in [5, 5.41) is 3.15. The third-order valence-corrected chi connectivity index (χ3v) is 4.44. The summed E-state index contributed by atoms with van der Waals surface area (Å²) >= 11 is 1.38. The molecule has 24 heavy (non-hydrogen) atoms. The minimum absolute atomic E-state index is 0.345. The fourth-order valence-electron chi connectivity index (χ4n) is 2.25. The van der Waals surface area contributed by atoms with Crippen molar-refractivity contribution in [2.24, 2.45) is 0 Å². The summed E-state index contributed by atoms with van der Waals surface area (Å²) in [5.74, 6) is -0.914. The summed E-state index contributed by atoms with van der Waals surface area (Å²) in [6, 6.07) is 13.1. The largest absolute Gasteiger partial charge is 0.452 e. The van der Waals surface area contributed by atoms with Crippen LogP contribution in [0.2, 0.25) is 0 Å². The van der Waals surface area contributed by atoms with Crippen LogP contribution in [0, 0.1) is 13.8 Å². The Morgan fingerprint density at radius 3 is 2.75 bits per heavy atom. The van der Waals surface area contributed by atoms with Crippen molar-refractivity contribution in [2.75, 3.05) is 11.9 Å². The third-order valence-electron chi connectivity index (χ3n) is 3.49. The van der Waals surface area contributed by atoms with E-state index in [1.165, 1.54) is 11.3 Å². The molecule has 0 saturated carbocycles. The van der Waals surface area contributed by atoms with Crippen molar-refractivity contribution >= 4 is 38.6 Å². The Morgan fingerprint density at radius 1 is 1.17 bits per heavy atom. The van der Waals surface area contributed by atoms with Crippen molar-refractivity contribution in [3.05, 3.63) is 59.2 Å². The first-order valence-corrected chi connectivity index (χ1v) is 8.24. The number of para-hydroxylation sites is 1. The highest BCUT2D eigenvalue weighted by Crippen LogP contribution is 2.25. The van der Waals surface area contributed by atoms with E-state index in [1.54, 1.807) is 6.07 Å². The van der Waals surface area contributed by atoms with Gasteiger partial charge in [0.1, 0.15) is 0 Å². The zero-order valence-corrected chi connectivity index (χ0v) is 14.1. The van der Waals surface area contributed by atoms with Gasteiger partial charge in [-0.05, 0) is 37.6 Å². The van der Waals surface area contributed by atoms with Crippen LogP contribution in [0.15, 0.2) is 42.5 Å². The van der Waals surface area contributed by atoms with Gasteiger partial charge in [-0.3, -0.25) is 10.1 Å². The van der Waals surface area contributed by atoms with Crippen molar-refractivity contribution in [2.45, 2.75) is 13.8 Å². The quantitative estimate of drug-likeness (QED) is 0.735. The van der Waals surface area contributed by atoms with Crippen molar-refractivity contribution in [3.8, 4) is 0 Å². The number of aryl methyl sites for hydroxylation is 2. The lowest BCUT2D eigenvalue weighted by Crippen LogP contribution is -2.21. The summed E-state index contributed by atoms with van der Waals surface area (Å²) < 4.78 is 6.08. The topological polar surface area (TPSA) is 68.3 Å². The van der Waals surface area contributed by atoms with E-state index in [-0.39, 0.29) is 6.61 Å². The molecular formula is C18H16N2O3S. The Labute approximate surface area is 143 Å². The van der Waals surface area contributed by atoms with E-state index in [0.29, 0.717) is 10.7 Å². The predicted molar refractivity (Wildman–Crippen MR) is 94.4 cm³/mol. The molecule has 0 aliphatic heterocycles. The molecule has 0 aliphatic rings. The lowest BCUT2D eigenvalue weighted by Gasteiger charge is -2.07. The van der Waals surface area contributed by atoms with Crippen LogP contribution in [0.25, 0.3) is 10.2 Å². The van der Waals surface area contributed by atoms with Gasteiger partial charge in [-0.2, -0.15) is 0 Å². The van der Waals surface area contributed by atoms with E-state index in [4.69, 9.17) is 4.74 Å². The smallest absolute Gasteiger partial charge is 0.338 e. The summed E-state index contributed by atoms with van der Waals surface area (Å²) in [6.07, 6.45) is 0. The second-order valence-corrected chi connectivity index (χ2v) is 6.46. The minimum Gasteiger partial charge on any atom is -0.452 e. The third kappa shape index (κ3) is 3.60. The number of hydrogen-bond acceptors (Lipinski definition) is 5. The number of esters is 1. The SMILES string of the molecule is Cc1ccc(C)c(C(=O)OCC(=O)Nc2nc3ccccc3s2)c1. The number of fused-ring (bicyclic) bond motifs is 1. The van der Waals surface area contributed by atoms with Gasteiger partial charge in [0.25, 0.3) is 5.91 Å². The number of rotatable bonds is 4. The second-order valence-electron chi connectivity index (χ2n) is 5.43. The number of nitrogens with zero attached hydrogens (tertiary/aromatic N) is 1. The van der Waals surface area contributed by atoms with Gasteiger partial charge < -0.3 is 4.74 Å². The molecule has 3 rings (SSSR count). The summed E-state index contributed by atoms with van der Waals surface area (Å²) in [6.45, 7) is 3.38. The van der Waals surface area contributed by atoms with Gasteiger partial charge in [0.2, 0.25) is 0 Å². The van der Waals surface area contributed by atoms with Gasteiger partial charge in [0, 0.05) is 0 Å². The number of anilines is 1. The molecule has 0 aliphatic carbocycles. The second kappa shape index (κ2) is 6.80. The molecule has 5 nitrogen and oxygen atoms in total. The van der Waals surface area contributed by atoms with E-state index >= 15 is 0 Å². The van der Waals surface area contributed by atoms with E-state index in [0.717, 1.165) is 21.3 Å². The van der Waals surface area contributed by atoms with Crippen molar-refractivity contribution in [1.82, 2.24) is 4.98 Å². The molecule has 0 radical (unpaired) electrons. The van der Waals surface area contributed by atoms with Crippen molar-refractivity contribution in [3.63, 3.8) is 0 Å². The van der Waals surface area contributed by atoms with Crippen LogP contribution >= 0.6 is 11.3 Å². The Hall–Kier alpha value is -2.73. The lowest BCUT2D eigenvalue weighted by atomic mass is 10.1. The maximum absolute atomic E-state index is 12.1. The summed E-state index contributed by atoms with van der Waals surface area (Å²) in [5.41, 5.74) is 3.08. The number of carbonyl (C=O) groups is 2.